The second-order valence-corrected chi connectivity index (χ2v) is 3.78. The molecule has 0 spiro atoms. The van der Waals surface area contributed by atoms with Crippen LogP contribution in [0.5, 0.6) is 0 Å². The Labute approximate surface area is 102 Å². The largest absolute Gasteiger partial charge is 0.364 e. The summed E-state index contributed by atoms with van der Waals surface area (Å²) in [5.74, 6) is 0.416. The number of imidazole rings is 1. The number of hydrogen-bond donors (Lipinski definition) is 2. The Morgan fingerprint density at radius 1 is 1.17 bits per heavy atom. The Hall–Kier alpha value is -2.50. The maximum absolute atomic E-state index is 13.2. The molecule has 3 rings (SSSR count). The quantitative estimate of drug-likeness (QED) is 0.691. The van der Waals surface area contributed by atoms with Crippen LogP contribution in [0, 0.1) is 6.08 Å². The Kier molecular flexibility index (Phi) is 2.60. The van der Waals surface area contributed by atoms with Gasteiger partial charge in [-0.25, -0.2) is 4.98 Å². The van der Waals surface area contributed by atoms with Gasteiger partial charge in [-0.05, 0) is 5.56 Å². The second kappa shape index (κ2) is 4.40. The van der Waals surface area contributed by atoms with Crippen molar-refractivity contribution in [2.24, 2.45) is 0 Å². The monoisotopic (exact) mass is 243 g/mol. The minimum atomic E-state index is -0.787. The van der Waals surface area contributed by atoms with E-state index in [-0.39, 0.29) is 0 Å². The zero-order chi connectivity index (χ0) is 12.4. The highest BCUT2D eigenvalue weighted by Crippen LogP contribution is 2.16. The van der Waals surface area contributed by atoms with E-state index in [1.54, 1.807) is 0 Å². The van der Waals surface area contributed by atoms with E-state index in [9.17, 15) is 4.39 Å². The lowest BCUT2D eigenvalue weighted by Gasteiger charge is -2.06. The van der Waals surface area contributed by atoms with Gasteiger partial charge in [-0.1, -0.05) is 30.3 Å². The van der Waals surface area contributed by atoms with Crippen molar-refractivity contribution in [1.82, 2.24) is 19.9 Å². The molecule has 0 saturated carbocycles. The summed E-state index contributed by atoms with van der Waals surface area (Å²) in [5.41, 5.74) is 2.01. The third kappa shape index (κ3) is 2.00. The van der Waals surface area contributed by atoms with Gasteiger partial charge in [-0.2, -0.15) is 14.4 Å². The summed E-state index contributed by atoms with van der Waals surface area (Å²) in [7, 11) is 0. The highest BCUT2D eigenvalue weighted by molar-refractivity contribution is 5.81. The highest BCUT2D eigenvalue weighted by atomic mass is 19.1. The van der Waals surface area contributed by atoms with Crippen LogP contribution >= 0.6 is 0 Å². The number of nitrogens with one attached hydrogen (secondary N) is 2. The molecule has 2 aromatic heterocycles. The Morgan fingerprint density at radius 3 is 2.83 bits per heavy atom. The molecule has 90 valence electrons. The molecule has 0 aliphatic heterocycles. The molecule has 18 heavy (non-hydrogen) atoms. The number of aromatic nitrogens is 4. The zero-order valence-corrected chi connectivity index (χ0v) is 9.39. The molecule has 2 N–H and O–H groups in total. The van der Waals surface area contributed by atoms with Crippen LogP contribution in [0.3, 0.4) is 0 Å². The molecule has 3 aromatic rings. The minimum Gasteiger partial charge on any atom is -0.364 e. The van der Waals surface area contributed by atoms with Crippen molar-refractivity contribution in [3.63, 3.8) is 0 Å². The first kappa shape index (κ1) is 10.6. The molecule has 0 atom stereocenters. The van der Waals surface area contributed by atoms with E-state index in [1.165, 1.54) is 6.33 Å². The van der Waals surface area contributed by atoms with E-state index in [1.807, 2.05) is 30.3 Å². The summed E-state index contributed by atoms with van der Waals surface area (Å²) < 4.78 is 13.2. The van der Waals surface area contributed by atoms with Gasteiger partial charge in [0, 0.05) is 6.54 Å². The fourth-order valence-electron chi connectivity index (χ4n) is 1.72. The molecule has 5 nitrogen and oxygen atoms in total. The van der Waals surface area contributed by atoms with Crippen LogP contribution in [-0.2, 0) is 6.54 Å². The Bertz CT molecular complexity index is 665. The first-order valence-electron chi connectivity index (χ1n) is 5.47. The van der Waals surface area contributed by atoms with E-state index in [0.717, 1.165) is 5.56 Å². The standard InChI is InChI=1S/C12H10FN5/c13-12-17-10(9-11(18-12)16-7-15-9)14-6-8-4-2-1-3-5-8/h1-5,7H,6H2,(H2,14,15,16,17,18). The molecule has 0 fully saturated rings. The molecule has 6 heteroatoms. The molecular formula is C12H10FN5. The molecule has 0 aliphatic rings. The topological polar surface area (TPSA) is 66.5 Å². The summed E-state index contributed by atoms with van der Waals surface area (Å²) >= 11 is 0. The Morgan fingerprint density at radius 2 is 2.00 bits per heavy atom. The summed E-state index contributed by atoms with van der Waals surface area (Å²) in [6, 6.07) is 9.80. The van der Waals surface area contributed by atoms with Crippen molar-refractivity contribution in [3.8, 4) is 0 Å². The third-order valence-corrected chi connectivity index (χ3v) is 2.56. The van der Waals surface area contributed by atoms with E-state index in [0.29, 0.717) is 23.5 Å². The van der Waals surface area contributed by atoms with Gasteiger partial charge >= 0.3 is 6.08 Å². The van der Waals surface area contributed by atoms with Crippen LogP contribution in [0.15, 0.2) is 36.7 Å². The summed E-state index contributed by atoms with van der Waals surface area (Å²) in [6.07, 6.45) is 0.678. The molecule has 0 aliphatic carbocycles. The number of rotatable bonds is 3. The molecular weight excluding hydrogens is 233 g/mol. The molecule has 0 radical (unpaired) electrons. The number of fused-ring (bicyclic) bond motifs is 1. The molecule has 0 saturated heterocycles. The predicted molar refractivity (Wildman–Crippen MR) is 65.4 cm³/mol. The third-order valence-electron chi connectivity index (χ3n) is 2.56. The van der Waals surface area contributed by atoms with E-state index in [4.69, 9.17) is 0 Å². The van der Waals surface area contributed by atoms with Crippen molar-refractivity contribution in [2.75, 3.05) is 5.32 Å². The number of H-pyrrole nitrogens is 1. The Balaban J connectivity index is 1.88. The molecule has 0 amide bonds. The van der Waals surface area contributed by atoms with E-state index < -0.39 is 6.08 Å². The molecule has 0 bridgehead atoms. The number of hydrogen-bond acceptors (Lipinski definition) is 4. The second-order valence-electron chi connectivity index (χ2n) is 3.78. The van der Waals surface area contributed by atoms with Gasteiger partial charge in [0.1, 0.15) is 5.52 Å². The lowest BCUT2D eigenvalue weighted by Crippen LogP contribution is -2.04. The van der Waals surface area contributed by atoms with Crippen LogP contribution in [0.2, 0.25) is 0 Å². The van der Waals surface area contributed by atoms with Crippen molar-refractivity contribution in [3.05, 3.63) is 48.3 Å². The molecule has 0 unspecified atom stereocenters. The van der Waals surface area contributed by atoms with Gasteiger partial charge in [0.2, 0.25) is 0 Å². The first-order valence-corrected chi connectivity index (χ1v) is 5.47. The van der Waals surface area contributed by atoms with Crippen LogP contribution in [0.1, 0.15) is 5.56 Å². The van der Waals surface area contributed by atoms with Gasteiger partial charge < -0.3 is 10.3 Å². The fourth-order valence-corrected chi connectivity index (χ4v) is 1.72. The molecule has 2 heterocycles. The van der Waals surface area contributed by atoms with Gasteiger partial charge in [0.25, 0.3) is 0 Å². The highest BCUT2D eigenvalue weighted by Gasteiger charge is 2.08. The number of halogens is 1. The van der Waals surface area contributed by atoms with Crippen LogP contribution in [-0.4, -0.2) is 19.9 Å². The predicted octanol–water partition coefficient (Wildman–Crippen LogP) is 2.10. The number of aromatic amines is 1. The number of nitrogens with zero attached hydrogens (tertiary/aromatic N) is 3. The maximum Gasteiger partial charge on any atom is 0.312 e. The van der Waals surface area contributed by atoms with Gasteiger partial charge in [-0.3, -0.25) is 0 Å². The molecule has 1 aromatic carbocycles. The lowest BCUT2D eigenvalue weighted by atomic mass is 10.2. The van der Waals surface area contributed by atoms with Crippen LogP contribution < -0.4 is 5.32 Å². The van der Waals surface area contributed by atoms with Crippen molar-refractivity contribution < 1.29 is 4.39 Å². The normalized spacial score (nSPS) is 10.7. The average Bonchev–Trinajstić information content (AvgIpc) is 2.85. The zero-order valence-electron chi connectivity index (χ0n) is 9.39. The van der Waals surface area contributed by atoms with E-state index >= 15 is 0 Å². The summed E-state index contributed by atoms with van der Waals surface area (Å²) in [6.45, 7) is 0.561. The maximum atomic E-state index is 13.2. The van der Waals surface area contributed by atoms with Gasteiger partial charge in [0.15, 0.2) is 11.5 Å². The van der Waals surface area contributed by atoms with Crippen LogP contribution in [0.4, 0.5) is 10.2 Å². The fraction of sp³-hybridized carbons (Fsp3) is 0.0833. The number of benzene rings is 1. The minimum absolute atomic E-state index is 0.318. The van der Waals surface area contributed by atoms with Gasteiger partial charge in [0.05, 0.1) is 6.33 Å². The summed E-state index contributed by atoms with van der Waals surface area (Å²) in [5, 5.41) is 3.07. The smallest absolute Gasteiger partial charge is 0.312 e. The van der Waals surface area contributed by atoms with Crippen LogP contribution in [0.25, 0.3) is 11.2 Å². The first-order chi connectivity index (χ1) is 8.83. The van der Waals surface area contributed by atoms with Crippen molar-refractivity contribution in [1.29, 1.82) is 0 Å². The number of anilines is 1. The summed E-state index contributed by atoms with van der Waals surface area (Å²) in [4.78, 5) is 14.1. The van der Waals surface area contributed by atoms with Crippen molar-refractivity contribution >= 4 is 17.0 Å². The van der Waals surface area contributed by atoms with Gasteiger partial charge in [-0.15, -0.1) is 0 Å². The van der Waals surface area contributed by atoms with E-state index in [2.05, 4.69) is 25.3 Å². The average molecular weight is 243 g/mol. The lowest BCUT2D eigenvalue weighted by molar-refractivity contribution is 0.545. The SMILES string of the molecule is Fc1nc(NCc2ccccc2)c2[nH]cnc2n1. The van der Waals surface area contributed by atoms with Crippen molar-refractivity contribution in [2.45, 2.75) is 6.54 Å².